The van der Waals surface area contributed by atoms with Gasteiger partial charge in [-0.25, -0.2) is 4.98 Å². The third kappa shape index (κ3) is 1.61. The van der Waals surface area contributed by atoms with Gasteiger partial charge in [-0.05, 0) is 18.6 Å². The number of H-pyrrole nitrogens is 2. The fourth-order valence-corrected chi connectivity index (χ4v) is 1.75. The van der Waals surface area contributed by atoms with E-state index in [4.69, 9.17) is 5.73 Å². The van der Waals surface area contributed by atoms with E-state index in [-0.39, 0.29) is 11.5 Å². The van der Waals surface area contributed by atoms with Gasteiger partial charge in [-0.2, -0.15) is 4.98 Å². The number of imidazole rings is 1. The molecule has 0 saturated heterocycles. The summed E-state index contributed by atoms with van der Waals surface area (Å²) in [5.41, 5.74) is 7.54. The lowest BCUT2D eigenvalue weighted by atomic mass is 10.2. The van der Waals surface area contributed by atoms with Crippen molar-refractivity contribution in [2.45, 2.75) is 6.92 Å². The van der Waals surface area contributed by atoms with Crippen molar-refractivity contribution in [3.05, 3.63) is 34.4 Å². The molecule has 0 radical (unpaired) electrons. The summed E-state index contributed by atoms with van der Waals surface area (Å²) in [6.45, 7) is 1.93. The van der Waals surface area contributed by atoms with Crippen molar-refractivity contribution in [1.29, 1.82) is 0 Å². The molecule has 90 valence electrons. The van der Waals surface area contributed by atoms with Gasteiger partial charge in [-0.1, -0.05) is 0 Å². The number of anilines is 1. The smallest absolute Gasteiger partial charge is 0.278 e. The quantitative estimate of drug-likeness (QED) is 0.578. The number of pyridine rings is 1. The summed E-state index contributed by atoms with van der Waals surface area (Å²) in [5, 5.41) is 0. The van der Waals surface area contributed by atoms with Gasteiger partial charge in [0.15, 0.2) is 11.2 Å². The molecule has 0 aromatic carbocycles. The molecule has 0 unspecified atom stereocenters. The first-order chi connectivity index (χ1) is 8.63. The molecule has 3 rings (SSSR count). The molecular formula is C11H10N6O. The number of aryl methyl sites for hydroxylation is 1. The van der Waals surface area contributed by atoms with Crippen LogP contribution in [0.2, 0.25) is 0 Å². The lowest BCUT2D eigenvalue weighted by Crippen LogP contribution is -2.10. The van der Waals surface area contributed by atoms with Crippen LogP contribution >= 0.6 is 0 Å². The molecule has 3 aromatic heterocycles. The van der Waals surface area contributed by atoms with Crippen LogP contribution in [-0.2, 0) is 0 Å². The Kier molecular flexibility index (Phi) is 2.12. The zero-order valence-corrected chi connectivity index (χ0v) is 9.56. The fraction of sp³-hybridized carbons (Fsp3) is 0.0909. The maximum atomic E-state index is 11.6. The number of nitrogens with one attached hydrogen (secondary N) is 2. The number of hydrogen-bond donors (Lipinski definition) is 3. The van der Waals surface area contributed by atoms with Gasteiger partial charge in [0, 0.05) is 18.0 Å². The summed E-state index contributed by atoms with van der Waals surface area (Å²) in [4.78, 5) is 29.3. The van der Waals surface area contributed by atoms with Crippen LogP contribution in [0.5, 0.6) is 0 Å². The first-order valence-electron chi connectivity index (χ1n) is 5.31. The normalized spacial score (nSPS) is 10.9. The molecule has 0 aliphatic heterocycles. The van der Waals surface area contributed by atoms with Gasteiger partial charge >= 0.3 is 0 Å². The minimum absolute atomic E-state index is 0.0490. The number of nitrogen functional groups attached to an aromatic ring is 1. The van der Waals surface area contributed by atoms with Crippen molar-refractivity contribution < 1.29 is 0 Å². The molecule has 7 heteroatoms. The van der Waals surface area contributed by atoms with Crippen molar-refractivity contribution in [3.63, 3.8) is 0 Å². The molecule has 3 aromatic rings. The molecule has 0 bridgehead atoms. The van der Waals surface area contributed by atoms with E-state index in [1.54, 1.807) is 12.4 Å². The van der Waals surface area contributed by atoms with Gasteiger partial charge in [0.05, 0.1) is 0 Å². The average Bonchev–Trinajstić information content (AvgIpc) is 2.73. The minimum atomic E-state index is -0.336. The van der Waals surface area contributed by atoms with E-state index >= 15 is 0 Å². The summed E-state index contributed by atoms with van der Waals surface area (Å²) in [6, 6.07) is 1.92. The molecule has 18 heavy (non-hydrogen) atoms. The largest absolute Gasteiger partial charge is 0.369 e. The number of fused-ring (bicyclic) bond motifs is 1. The third-order valence-electron chi connectivity index (χ3n) is 2.53. The van der Waals surface area contributed by atoms with Crippen LogP contribution in [0, 0.1) is 6.92 Å². The SMILES string of the molecule is Cc1cncc(-c2nc3nc(N)[nH]c(=O)c3[nH]2)c1. The Balaban J connectivity index is 2.26. The van der Waals surface area contributed by atoms with E-state index in [0.29, 0.717) is 17.0 Å². The van der Waals surface area contributed by atoms with Crippen molar-refractivity contribution in [2.75, 3.05) is 5.73 Å². The Morgan fingerprint density at radius 1 is 1.22 bits per heavy atom. The highest BCUT2D eigenvalue weighted by atomic mass is 16.1. The zero-order chi connectivity index (χ0) is 12.7. The van der Waals surface area contributed by atoms with E-state index in [0.717, 1.165) is 11.1 Å². The van der Waals surface area contributed by atoms with Crippen LogP contribution in [0.1, 0.15) is 5.56 Å². The van der Waals surface area contributed by atoms with Crippen molar-refractivity contribution in [2.24, 2.45) is 0 Å². The van der Waals surface area contributed by atoms with E-state index in [1.807, 2.05) is 13.0 Å². The van der Waals surface area contributed by atoms with Gasteiger partial charge in [0.25, 0.3) is 5.56 Å². The molecule has 0 saturated carbocycles. The lowest BCUT2D eigenvalue weighted by molar-refractivity contribution is 1.17. The highest BCUT2D eigenvalue weighted by molar-refractivity contribution is 5.75. The molecule has 0 atom stereocenters. The van der Waals surface area contributed by atoms with Gasteiger partial charge in [-0.3, -0.25) is 14.8 Å². The molecule has 0 aliphatic carbocycles. The predicted octanol–water partition coefficient (Wildman–Crippen LogP) is 0.599. The van der Waals surface area contributed by atoms with Gasteiger partial charge in [0.1, 0.15) is 5.82 Å². The number of hydrogen-bond acceptors (Lipinski definition) is 5. The first kappa shape index (κ1) is 10.5. The number of aromatic nitrogens is 5. The van der Waals surface area contributed by atoms with Crippen LogP contribution < -0.4 is 11.3 Å². The lowest BCUT2D eigenvalue weighted by Gasteiger charge is -1.96. The number of aromatic amines is 2. The molecule has 7 nitrogen and oxygen atoms in total. The fourth-order valence-electron chi connectivity index (χ4n) is 1.75. The molecule has 0 aliphatic rings. The number of nitrogens with zero attached hydrogens (tertiary/aromatic N) is 3. The van der Waals surface area contributed by atoms with Crippen LogP contribution in [0.15, 0.2) is 23.3 Å². The van der Waals surface area contributed by atoms with E-state index in [2.05, 4.69) is 24.9 Å². The number of rotatable bonds is 1. The summed E-state index contributed by atoms with van der Waals surface area (Å²) >= 11 is 0. The molecular weight excluding hydrogens is 232 g/mol. The summed E-state index contributed by atoms with van der Waals surface area (Å²) in [5.74, 6) is 0.595. The summed E-state index contributed by atoms with van der Waals surface area (Å²) < 4.78 is 0. The second-order valence-corrected chi connectivity index (χ2v) is 3.99. The maximum Gasteiger partial charge on any atom is 0.278 e. The highest BCUT2D eigenvalue weighted by Gasteiger charge is 2.10. The highest BCUT2D eigenvalue weighted by Crippen LogP contribution is 2.17. The Labute approximate surface area is 101 Å². The Bertz CT molecular complexity index is 788. The molecule has 0 amide bonds. The van der Waals surface area contributed by atoms with Crippen molar-refractivity contribution in [1.82, 2.24) is 24.9 Å². The van der Waals surface area contributed by atoms with E-state index in [9.17, 15) is 4.79 Å². The maximum absolute atomic E-state index is 11.6. The van der Waals surface area contributed by atoms with E-state index in [1.165, 1.54) is 0 Å². The Morgan fingerprint density at radius 2 is 2.06 bits per heavy atom. The zero-order valence-electron chi connectivity index (χ0n) is 9.56. The van der Waals surface area contributed by atoms with E-state index < -0.39 is 0 Å². The first-order valence-corrected chi connectivity index (χ1v) is 5.31. The topological polar surface area (TPSA) is 113 Å². The summed E-state index contributed by atoms with van der Waals surface area (Å²) in [7, 11) is 0. The third-order valence-corrected chi connectivity index (χ3v) is 2.53. The second kappa shape index (κ2) is 3.66. The predicted molar refractivity (Wildman–Crippen MR) is 66.9 cm³/mol. The monoisotopic (exact) mass is 242 g/mol. The van der Waals surface area contributed by atoms with Gasteiger partial charge in [0.2, 0.25) is 5.95 Å². The molecule has 4 N–H and O–H groups in total. The Morgan fingerprint density at radius 3 is 2.83 bits per heavy atom. The molecule has 3 heterocycles. The van der Waals surface area contributed by atoms with Gasteiger partial charge < -0.3 is 10.7 Å². The number of nitrogens with two attached hydrogens (primary N) is 1. The minimum Gasteiger partial charge on any atom is -0.369 e. The van der Waals surface area contributed by atoms with Crippen LogP contribution in [0.25, 0.3) is 22.6 Å². The van der Waals surface area contributed by atoms with Gasteiger partial charge in [-0.15, -0.1) is 0 Å². The average molecular weight is 242 g/mol. The standard InChI is InChI=1S/C11H10N6O/c1-5-2-6(4-13-3-5)8-14-7-9(15-8)16-11(12)17-10(7)18/h2-4H,1H3,(H4,12,14,15,16,17,18). The second-order valence-electron chi connectivity index (χ2n) is 3.99. The van der Waals surface area contributed by atoms with Crippen LogP contribution in [0.3, 0.4) is 0 Å². The van der Waals surface area contributed by atoms with Crippen molar-refractivity contribution in [3.8, 4) is 11.4 Å². The van der Waals surface area contributed by atoms with Crippen molar-refractivity contribution >= 4 is 17.1 Å². The Hall–Kier alpha value is -2.70. The molecule has 0 fully saturated rings. The van der Waals surface area contributed by atoms with Crippen LogP contribution in [0.4, 0.5) is 5.95 Å². The summed E-state index contributed by atoms with van der Waals surface area (Å²) in [6.07, 6.45) is 3.41. The van der Waals surface area contributed by atoms with Crippen LogP contribution in [-0.4, -0.2) is 24.9 Å². The molecule has 0 spiro atoms.